The topological polar surface area (TPSA) is 7.76 Å². The van der Waals surface area contributed by atoms with Crippen LogP contribution in [0, 0.1) is 0 Å². The molecule has 0 bridgehead atoms. The molecule has 3 aromatic carbocycles. The lowest BCUT2D eigenvalue weighted by Gasteiger charge is -2.03. The van der Waals surface area contributed by atoms with Gasteiger partial charge in [-0.2, -0.15) is 9.13 Å². The highest BCUT2D eigenvalue weighted by molar-refractivity contribution is 5.75. The highest BCUT2D eigenvalue weighted by Gasteiger charge is 2.07. The van der Waals surface area contributed by atoms with E-state index in [9.17, 15) is 0 Å². The first-order valence-electron chi connectivity index (χ1n) is 20.6. The smallest absolute Gasteiger partial charge is 0.198 e. The molecule has 50 heavy (non-hydrogen) atoms. The zero-order chi connectivity index (χ0) is 35.2. The first-order chi connectivity index (χ1) is 24.8. The fourth-order valence-corrected chi connectivity index (χ4v) is 6.76. The number of para-hydroxylation sites is 2. The van der Waals surface area contributed by atoms with Crippen LogP contribution in [0.5, 0.6) is 0 Å². The minimum Gasteiger partial charge on any atom is -0.198 e. The van der Waals surface area contributed by atoms with Crippen molar-refractivity contribution in [2.24, 2.45) is 0 Å². The minimum atomic E-state index is 1.15. The van der Waals surface area contributed by atoms with Gasteiger partial charge in [0.15, 0.2) is 12.4 Å². The first-order valence-corrected chi connectivity index (χ1v) is 20.6. The van der Waals surface area contributed by atoms with E-state index in [1.807, 2.05) is 36.4 Å². The van der Waals surface area contributed by atoms with E-state index < -0.39 is 0 Å². The van der Waals surface area contributed by atoms with Crippen molar-refractivity contribution < 1.29 is 9.13 Å². The summed E-state index contributed by atoms with van der Waals surface area (Å²) in [6.07, 6.45) is 32.5. The number of nitrogens with zero attached hydrogens (tertiary/aromatic N) is 2. The maximum Gasteiger partial charge on any atom is 0.212 e. The summed E-state index contributed by atoms with van der Waals surface area (Å²) in [5.74, 6) is 0. The van der Waals surface area contributed by atoms with Gasteiger partial charge in [0, 0.05) is 47.9 Å². The van der Waals surface area contributed by atoms with E-state index in [1.54, 1.807) is 0 Å². The Morgan fingerprint density at radius 3 is 0.920 bits per heavy atom. The summed E-state index contributed by atoms with van der Waals surface area (Å²) in [5, 5.41) is 2.69. The van der Waals surface area contributed by atoms with Crippen molar-refractivity contribution in [1.29, 1.82) is 0 Å². The third-order valence-corrected chi connectivity index (χ3v) is 9.75. The molecule has 0 aliphatic carbocycles. The summed E-state index contributed by atoms with van der Waals surface area (Å²) < 4.78 is 4.81. The first kappa shape index (κ1) is 40.9. The second kappa shape index (κ2) is 28.2. The molecule has 0 fully saturated rings. The van der Waals surface area contributed by atoms with Crippen molar-refractivity contribution in [2.45, 2.75) is 155 Å². The summed E-state index contributed by atoms with van der Waals surface area (Å²) in [6, 6.07) is 38.1. The van der Waals surface area contributed by atoms with Gasteiger partial charge in [-0.3, -0.25) is 0 Å². The number of rotatable bonds is 22. The van der Waals surface area contributed by atoms with Crippen LogP contribution in [-0.4, -0.2) is 0 Å². The van der Waals surface area contributed by atoms with Crippen LogP contribution in [0.4, 0.5) is 0 Å². The molecule has 2 heterocycles. The Labute approximate surface area is 307 Å². The van der Waals surface area contributed by atoms with Crippen molar-refractivity contribution in [3.05, 3.63) is 122 Å². The molecule has 2 nitrogen and oxygen atoms in total. The van der Waals surface area contributed by atoms with Crippen molar-refractivity contribution >= 4 is 21.8 Å². The Morgan fingerprint density at radius 1 is 0.300 bits per heavy atom. The normalized spacial score (nSPS) is 10.8. The molecule has 0 unspecified atom stereocenters. The molecule has 2 aromatic heterocycles. The predicted molar refractivity (Wildman–Crippen MR) is 218 cm³/mol. The van der Waals surface area contributed by atoms with Crippen LogP contribution in [0.15, 0.2) is 122 Å². The lowest BCUT2D eigenvalue weighted by atomic mass is 10.1. The molecule has 0 saturated heterocycles. The molecule has 0 atom stereocenters. The summed E-state index contributed by atoms with van der Waals surface area (Å²) in [5.41, 5.74) is 2.72. The van der Waals surface area contributed by atoms with Crippen LogP contribution in [-0.2, 0) is 13.1 Å². The van der Waals surface area contributed by atoms with Gasteiger partial charge in [0.1, 0.15) is 13.1 Å². The van der Waals surface area contributed by atoms with Crippen LogP contribution in [0.3, 0.4) is 0 Å². The maximum atomic E-state index is 2.40. The van der Waals surface area contributed by atoms with Gasteiger partial charge in [-0.1, -0.05) is 177 Å². The quantitative estimate of drug-likeness (QED) is 0.0510. The summed E-state index contributed by atoms with van der Waals surface area (Å²) in [7, 11) is 0. The molecule has 5 aromatic rings. The molecule has 0 aliphatic heterocycles. The van der Waals surface area contributed by atoms with E-state index in [0.717, 1.165) is 13.1 Å². The lowest BCUT2D eigenvalue weighted by molar-refractivity contribution is -0.672. The van der Waals surface area contributed by atoms with Gasteiger partial charge in [-0.15, -0.1) is 0 Å². The van der Waals surface area contributed by atoms with Crippen LogP contribution >= 0.6 is 0 Å². The van der Waals surface area contributed by atoms with Gasteiger partial charge in [0.2, 0.25) is 11.0 Å². The van der Waals surface area contributed by atoms with E-state index in [4.69, 9.17) is 0 Å². The Bertz CT molecular complexity index is 1360. The molecule has 0 saturated carbocycles. The predicted octanol–water partition coefficient (Wildman–Crippen LogP) is 13.8. The monoisotopic (exact) mass is 675 g/mol. The van der Waals surface area contributed by atoms with E-state index >= 15 is 0 Å². The Balaban J connectivity index is 0.000000231. The van der Waals surface area contributed by atoms with Crippen LogP contribution in [0.25, 0.3) is 21.8 Å². The average Bonchev–Trinajstić information content (AvgIpc) is 3.17. The average molecular weight is 675 g/mol. The molecule has 0 spiro atoms. The van der Waals surface area contributed by atoms with Crippen LogP contribution < -0.4 is 9.13 Å². The minimum absolute atomic E-state index is 1.15. The lowest BCUT2D eigenvalue weighted by Crippen LogP contribution is -2.33. The fourth-order valence-electron chi connectivity index (χ4n) is 6.76. The largest absolute Gasteiger partial charge is 0.212 e. The number of unbranched alkanes of at least 4 members (excludes halogenated alkanes) is 18. The number of hydrogen-bond donors (Lipinski definition) is 0. The van der Waals surface area contributed by atoms with Gasteiger partial charge in [0.25, 0.3) is 0 Å². The molecule has 0 amide bonds. The molecular formula is C48H70N2+2. The van der Waals surface area contributed by atoms with E-state index in [-0.39, 0.29) is 0 Å². The number of hydrogen-bond acceptors (Lipinski definition) is 0. The third kappa shape index (κ3) is 17.9. The molecule has 2 heteroatoms. The van der Waals surface area contributed by atoms with Gasteiger partial charge in [-0.05, 0) is 37.1 Å². The number of aryl methyl sites for hydroxylation is 2. The van der Waals surface area contributed by atoms with E-state index in [0.29, 0.717) is 0 Å². The molecule has 5 rings (SSSR count). The maximum absolute atomic E-state index is 2.40. The molecule has 0 aliphatic rings. The Hall–Kier alpha value is -3.52. The SMILES string of the molecule is CCCCCCCCCCCC[n+]1cccc2ccccc21.CCCCCCCCCCCC[n+]1cccc2ccccc21.c1ccccc1. The molecule has 0 radical (unpaired) electrons. The molecular weight excluding hydrogens is 605 g/mol. The number of pyridine rings is 2. The van der Waals surface area contributed by atoms with Crippen molar-refractivity contribution in [3.8, 4) is 0 Å². The fraction of sp³-hybridized carbons (Fsp3) is 0.500. The molecule has 270 valence electrons. The summed E-state index contributed by atoms with van der Waals surface area (Å²) >= 11 is 0. The number of aromatic nitrogens is 2. The Kier molecular flexibility index (Phi) is 23.1. The van der Waals surface area contributed by atoms with Crippen LogP contribution in [0.1, 0.15) is 142 Å². The van der Waals surface area contributed by atoms with Gasteiger partial charge < -0.3 is 0 Å². The van der Waals surface area contributed by atoms with Crippen LogP contribution in [0.2, 0.25) is 0 Å². The second-order valence-corrected chi connectivity index (χ2v) is 14.0. The summed E-state index contributed by atoms with van der Waals surface area (Å²) in [6.45, 7) is 6.87. The number of fused-ring (bicyclic) bond motifs is 2. The summed E-state index contributed by atoms with van der Waals surface area (Å²) in [4.78, 5) is 0. The molecule has 0 N–H and O–H groups in total. The highest BCUT2D eigenvalue weighted by atomic mass is 14.9. The van der Waals surface area contributed by atoms with E-state index in [1.165, 1.54) is 150 Å². The van der Waals surface area contributed by atoms with Crippen molar-refractivity contribution in [1.82, 2.24) is 0 Å². The zero-order valence-corrected chi connectivity index (χ0v) is 32.0. The third-order valence-electron chi connectivity index (χ3n) is 9.75. The standard InChI is InChI=1S/2C21H32N.C6H6/c2*1-2-3-4-5-6-7-8-9-10-13-18-22-19-14-16-20-15-11-12-17-21(20)22;1-2-4-6-5-3-1/h2*11-12,14-17,19H,2-10,13,18H2,1H3;1-6H/q2*+1;. The highest BCUT2D eigenvalue weighted by Crippen LogP contribution is 2.13. The van der Waals surface area contributed by atoms with Gasteiger partial charge >= 0.3 is 0 Å². The van der Waals surface area contributed by atoms with Gasteiger partial charge in [0.05, 0.1) is 0 Å². The second-order valence-electron chi connectivity index (χ2n) is 14.0. The van der Waals surface area contributed by atoms with E-state index in [2.05, 4.69) is 108 Å². The van der Waals surface area contributed by atoms with Crippen molar-refractivity contribution in [2.75, 3.05) is 0 Å². The Morgan fingerprint density at radius 2 is 0.580 bits per heavy atom. The van der Waals surface area contributed by atoms with Gasteiger partial charge in [-0.25, -0.2) is 0 Å². The zero-order valence-electron chi connectivity index (χ0n) is 32.0. The van der Waals surface area contributed by atoms with Crippen molar-refractivity contribution in [3.63, 3.8) is 0 Å². The number of benzene rings is 3.